The number of hydrogen-bond acceptors (Lipinski definition) is 3. The van der Waals surface area contributed by atoms with E-state index in [1.807, 2.05) is 18.2 Å². The van der Waals surface area contributed by atoms with E-state index in [2.05, 4.69) is 29.1 Å². The molecule has 5 heteroatoms. The molecule has 1 aliphatic carbocycles. The van der Waals surface area contributed by atoms with Gasteiger partial charge >= 0.3 is 0 Å². The molecule has 2 aromatic carbocycles. The Kier molecular flexibility index (Phi) is 5.21. The molecule has 24 heavy (non-hydrogen) atoms. The highest BCUT2D eigenvalue weighted by Gasteiger charge is 2.29. The van der Waals surface area contributed by atoms with E-state index in [4.69, 9.17) is 0 Å². The van der Waals surface area contributed by atoms with Gasteiger partial charge in [0.05, 0.1) is 4.90 Å². The molecule has 2 unspecified atom stereocenters. The van der Waals surface area contributed by atoms with Crippen molar-refractivity contribution in [2.75, 3.05) is 5.32 Å². The number of benzene rings is 2. The maximum atomic E-state index is 12.6. The highest BCUT2D eigenvalue weighted by atomic mass is 32.2. The molecule has 0 spiro atoms. The summed E-state index contributed by atoms with van der Waals surface area (Å²) in [5, 5.41) is 3.52. The summed E-state index contributed by atoms with van der Waals surface area (Å²) in [6.45, 7) is 2.06. The summed E-state index contributed by atoms with van der Waals surface area (Å²) in [6, 6.07) is 16.8. The van der Waals surface area contributed by atoms with Crippen LogP contribution in [-0.2, 0) is 10.0 Å². The maximum Gasteiger partial charge on any atom is 0.240 e. The normalized spacial score (nSPS) is 21.4. The molecule has 0 saturated heterocycles. The third-order valence-corrected chi connectivity index (χ3v) is 6.00. The van der Waals surface area contributed by atoms with Crippen molar-refractivity contribution >= 4 is 15.7 Å². The fourth-order valence-corrected chi connectivity index (χ4v) is 4.59. The van der Waals surface area contributed by atoms with Crippen molar-refractivity contribution in [2.24, 2.45) is 0 Å². The van der Waals surface area contributed by atoms with Crippen LogP contribution in [0.1, 0.15) is 31.2 Å². The quantitative estimate of drug-likeness (QED) is 0.869. The van der Waals surface area contributed by atoms with Crippen molar-refractivity contribution in [3.05, 3.63) is 60.2 Å². The highest BCUT2D eigenvalue weighted by Crippen LogP contribution is 2.24. The van der Waals surface area contributed by atoms with Gasteiger partial charge in [-0.05, 0) is 49.6 Å². The second-order valence-electron chi connectivity index (χ2n) is 6.45. The first-order valence-corrected chi connectivity index (χ1v) is 9.93. The first-order valence-electron chi connectivity index (χ1n) is 8.45. The standard InChI is InChI=1S/C19H24N2O2S/c1-15-8-7-9-16(14-15)20-18-12-5-6-13-19(18)21-24(22,23)17-10-3-2-4-11-17/h2-4,7-11,14,18-21H,5-6,12-13H2,1H3. The van der Waals surface area contributed by atoms with Crippen LogP contribution in [-0.4, -0.2) is 20.5 Å². The Morgan fingerprint density at radius 3 is 2.33 bits per heavy atom. The average Bonchev–Trinajstić information content (AvgIpc) is 2.57. The number of sulfonamides is 1. The Morgan fingerprint density at radius 1 is 0.917 bits per heavy atom. The predicted octanol–water partition coefficient (Wildman–Crippen LogP) is 3.70. The van der Waals surface area contributed by atoms with E-state index in [1.54, 1.807) is 24.3 Å². The van der Waals surface area contributed by atoms with Gasteiger partial charge in [-0.2, -0.15) is 0 Å². The molecule has 2 aromatic rings. The van der Waals surface area contributed by atoms with Gasteiger partial charge in [0.15, 0.2) is 0 Å². The summed E-state index contributed by atoms with van der Waals surface area (Å²) in [6.07, 6.45) is 3.99. The third kappa shape index (κ3) is 4.16. The van der Waals surface area contributed by atoms with Gasteiger partial charge < -0.3 is 5.32 Å². The van der Waals surface area contributed by atoms with E-state index in [0.717, 1.165) is 31.4 Å². The van der Waals surface area contributed by atoms with Gasteiger partial charge in [-0.3, -0.25) is 0 Å². The lowest BCUT2D eigenvalue weighted by Gasteiger charge is -2.33. The van der Waals surface area contributed by atoms with Gasteiger partial charge in [-0.1, -0.05) is 43.2 Å². The maximum absolute atomic E-state index is 12.6. The number of hydrogen-bond donors (Lipinski definition) is 2. The fourth-order valence-electron chi connectivity index (χ4n) is 3.26. The first kappa shape index (κ1) is 17.0. The van der Waals surface area contributed by atoms with Crippen LogP contribution in [0.4, 0.5) is 5.69 Å². The molecule has 2 N–H and O–H groups in total. The van der Waals surface area contributed by atoms with Crippen molar-refractivity contribution in [2.45, 2.75) is 49.6 Å². The molecule has 0 amide bonds. The third-order valence-electron chi connectivity index (χ3n) is 4.50. The van der Waals surface area contributed by atoms with E-state index in [1.165, 1.54) is 5.56 Å². The van der Waals surface area contributed by atoms with E-state index in [-0.39, 0.29) is 12.1 Å². The van der Waals surface area contributed by atoms with Gasteiger partial charge in [0.2, 0.25) is 10.0 Å². The van der Waals surface area contributed by atoms with E-state index >= 15 is 0 Å². The molecular formula is C19H24N2O2S. The summed E-state index contributed by atoms with van der Waals surface area (Å²) in [5.41, 5.74) is 2.24. The molecule has 4 nitrogen and oxygen atoms in total. The van der Waals surface area contributed by atoms with Crippen molar-refractivity contribution < 1.29 is 8.42 Å². The molecule has 1 aliphatic rings. The molecule has 0 aromatic heterocycles. The topological polar surface area (TPSA) is 58.2 Å². The van der Waals surface area contributed by atoms with Crippen LogP contribution in [0, 0.1) is 6.92 Å². The van der Waals surface area contributed by atoms with Gasteiger partial charge in [0, 0.05) is 17.8 Å². The zero-order chi connectivity index (χ0) is 17.0. The van der Waals surface area contributed by atoms with Crippen LogP contribution in [0.5, 0.6) is 0 Å². The predicted molar refractivity (Wildman–Crippen MR) is 97.6 cm³/mol. The van der Waals surface area contributed by atoms with E-state index in [9.17, 15) is 8.42 Å². The summed E-state index contributed by atoms with van der Waals surface area (Å²) in [5.74, 6) is 0. The first-order chi connectivity index (χ1) is 11.5. The van der Waals surface area contributed by atoms with Gasteiger partial charge in [0.25, 0.3) is 0 Å². The minimum atomic E-state index is -3.48. The Balaban J connectivity index is 1.75. The molecule has 0 heterocycles. The minimum absolute atomic E-state index is 0.0931. The zero-order valence-corrected chi connectivity index (χ0v) is 14.7. The number of aryl methyl sites for hydroxylation is 1. The van der Waals surface area contributed by atoms with Crippen molar-refractivity contribution in [3.8, 4) is 0 Å². The van der Waals surface area contributed by atoms with Gasteiger partial charge in [0.1, 0.15) is 0 Å². The van der Waals surface area contributed by atoms with Crippen LogP contribution in [0.3, 0.4) is 0 Å². The van der Waals surface area contributed by atoms with E-state index < -0.39 is 10.0 Å². The number of rotatable bonds is 5. The number of nitrogens with one attached hydrogen (secondary N) is 2. The second-order valence-corrected chi connectivity index (χ2v) is 8.16. The monoisotopic (exact) mass is 344 g/mol. The van der Waals surface area contributed by atoms with Crippen LogP contribution in [0.25, 0.3) is 0 Å². The van der Waals surface area contributed by atoms with Crippen molar-refractivity contribution in [1.82, 2.24) is 4.72 Å². The van der Waals surface area contributed by atoms with Gasteiger partial charge in [-0.25, -0.2) is 13.1 Å². The average molecular weight is 344 g/mol. The lowest BCUT2D eigenvalue weighted by molar-refractivity contribution is 0.378. The Bertz CT molecular complexity index is 775. The molecule has 1 fully saturated rings. The zero-order valence-electron chi connectivity index (χ0n) is 13.9. The Hall–Kier alpha value is -1.85. The molecule has 3 rings (SSSR count). The molecular weight excluding hydrogens is 320 g/mol. The van der Waals surface area contributed by atoms with E-state index in [0.29, 0.717) is 4.90 Å². The molecule has 1 saturated carbocycles. The van der Waals surface area contributed by atoms with Crippen LogP contribution < -0.4 is 10.0 Å². The summed E-state index contributed by atoms with van der Waals surface area (Å²) >= 11 is 0. The number of anilines is 1. The SMILES string of the molecule is Cc1cccc(NC2CCCCC2NS(=O)(=O)c2ccccc2)c1. The largest absolute Gasteiger partial charge is 0.381 e. The van der Waals surface area contributed by atoms with Crippen molar-refractivity contribution in [3.63, 3.8) is 0 Å². The summed E-state index contributed by atoms with van der Waals surface area (Å²) < 4.78 is 28.1. The minimum Gasteiger partial charge on any atom is -0.381 e. The Labute approximate surface area is 144 Å². The molecule has 128 valence electrons. The molecule has 2 atom stereocenters. The Morgan fingerprint density at radius 2 is 1.62 bits per heavy atom. The van der Waals surface area contributed by atoms with Crippen LogP contribution >= 0.6 is 0 Å². The summed E-state index contributed by atoms with van der Waals surface area (Å²) in [7, 11) is -3.48. The van der Waals surface area contributed by atoms with Crippen molar-refractivity contribution in [1.29, 1.82) is 0 Å². The van der Waals surface area contributed by atoms with Crippen LogP contribution in [0.15, 0.2) is 59.5 Å². The lowest BCUT2D eigenvalue weighted by atomic mass is 9.91. The molecule has 0 bridgehead atoms. The van der Waals surface area contributed by atoms with Crippen LogP contribution in [0.2, 0.25) is 0 Å². The summed E-state index contributed by atoms with van der Waals surface area (Å²) in [4.78, 5) is 0.324. The fraction of sp³-hybridized carbons (Fsp3) is 0.368. The smallest absolute Gasteiger partial charge is 0.240 e. The van der Waals surface area contributed by atoms with Gasteiger partial charge in [-0.15, -0.1) is 0 Å². The second kappa shape index (κ2) is 7.36. The molecule has 0 radical (unpaired) electrons. The molecule has 0 aliphatic heterocycles. The lowest BCUT2D eigenvalue weighted by Crippen LogP contribution is -2.48. The highest BCUT2D eigenvalue weighted by molar-refractivity contribution is 7.89.